The number of aromatic nitrogens is 2. The van der Waals surface area contributed by atoms with Crippen molar-refractivity contribution in [2.75, 3.05) is 18.5 Å². The molecule has 4 atom stereocenters. The van der Waals surface area contributed by atoms with E-state index < -0.39 is 54.0 Å². The van der Waals surface area contributed by atoms with Crippen LogP contribution in [0.25, 0.3) is 0 Å². The predicted octanol–water partition coefficient (Wildman–Crippen LogP) is 1.08. The Hall–Kier alpha value is -2.97. The maximum atomic E-state index is 14.5. The fraction of sp³-hybridized carbons (Fsp3) is 0.750. The number of unbranched alkanes of at least 4 members (excludes halogenated alkanes) is 1. The number of aliphatic hydroxyl groups is 2. The second-order valence-electron chi connectivity index (χ2n) is 12.5. The van der Waals surface area contributed by atoms with Gasteiger partial charge in [0.05, 0.1) is 6.61 Å². The van der Waals surface area contributed by atoms with Gasteiger partial charge in [0.15, 0.2) is 6.10 Å². The lowest BCUT2D eigenvalue weighted by Crippen LogP contribution is -2.56. The van der Waals surface area contributed by atoms with E-state index in [0.717, 1.165) is 50.8 Å². The average molecular weight is 596 g/mol. The standard InChI is InChI=1S/C28H39F2N5O7/c1-15(37)31-6-3-2-4-19(32-24(40)27-11-16-8-17(12-27)10-18(9-16)13-27)23(39)33-21-5-7-35(26(41)34-21)25-28(29,30)22(38)20(14-36)42-25/h5,7,16-20,22,25,36,38H,2-4,6,8-14H2,1H3,(H,31,37)(H,32,40)(H,33,34,39,41)/t16?,17?,18?,19-,20-,22-,25-,27?/m1/s1. The molecule has 0 spiro atoms. The Kier molecular flexibility index (Phi) is 8.68. The fourth-order valence-electron chi connectivity index (χ4n) is 7.70. The molecule has 3 amide bonds. The summed E-state index contributed by atoms with van der Waals surface area (Å²) in [6.07, 6.45) is 2.21. The normalized spacial score (nSPS) is 33.3. The van der Waals surface area contributed by atoms with Crippen LogP contribution in [-0.2, 0) is 19.1 Å². The molecule has 1 saturated heterocycles. The molecule has 0 radical (unpaired) electrons. The van der Waals surface area contributed by atoms with Gasteiger partial charge in [0.2, 0.25) is 23.9 Å². The first-order valence-electron chi connectivity index (χ1n) is 14.7. The third-order valence-corrected chi connectivity index (χ3v) is 9.33. The highest BCUT2D eigenvalue weighted by molar-refractivity contribution is 5.97. The zero-order valence-corrected chi connectivity index (χ0v) is 23.6. The van der Waals surface area contributed by atoms with Gasteiger partial charge in [-0.15, -0.1) is 0 Å². The molecule has 1 aromatic rings. The highest BCUT2D eigenvalue weighted by Gasteiger charge is 2.59. The largest absolute Gasteiger partial charge is 0.394 e. The Bertz CT molecular complexity index is 1220. The summed E-state index contributed by atoms with van der Waals surface area (Å²) in [7, 11) is 0. The van der Waals surface area contributed by atoms with Crippen molar-refractivity contribution in [3.8, 4) is 0 Å². The van der Waals surface area contributed by atoms with E-state index in [-0.39, 0.29) is 24.1 Å². The van der Waals surface area contributed by atoms with Crippen LogP contribution in [0, 0.1) is 23.2 Å². The second-order valence-corrected chi connectivity index (χ2v) is 12.5. The molecule has 5 aliphatic rings. The zero-order chi connectivity index (χ0) is 30.2. The van der Waals surface area contributed by atoms with Gasteiger partial charge in [0, 0.05) is 25.1 Å². The lowest BCUT2D eigenvalue weighted by molar-refractivity contribution is -0.148. The average Bonchev–Trinajstić information content (AvgIpc) is 3.14. The number of hydrogen-bond acceptors (Lipinski definition) is 8. The van der Waals surface area contributed by atoms with E-state index in [0.29, 0.717) is 41.7 Å². The van der Waals surface area contributed by atoms with Gasteiger partial charge in [0.1, 0.15) is 18.0 Å². The molecule has 5 N–H and O–H groups in total. The molecular formula is C28H39F2N5O7. The van der Waals surface area contributed by atoms with Crippen LogP contribution in [0.1, 0.15) is 70.9 Å². The highest BCUT2D eigenvalue weighted by Crippen LogP contribution is 2.60. The van der Waals surface area contributed by atoms with Gasteiger partial charge in [-0.25, -0.2) is 4.79 Å². The first kappa shape index (κ1) is 30.5. The third kappa shape index (κ3) is 6.06. The lowest BCUT2D eigenvalue weighted by Gasteiger charge is -2.55. The van der Waals surface area contributed by atoms with Crippen LogP contribution in [0.15, 0.2) is 17.1 Å². The van der Waals surface area contributed by atoms with Crippen LogP contribution in [0.5, 0.6) is 0 Å². The number of ether oxygens (including phenoxy) is 1. The van der Waals surface area contributed by atoms with Crippen molar-refractivity contribution >= 4 is 23.5 Å². The first-order chi connectivity index (χ1) is 19.9. The van der Waals surface area contributed by atoms with Gasteiger partial charge in [-0.1, -0.05) is 0 Å². The van der Waals surface area contributed by atoms with Crippen molar-refractivity contribution in [2.45, 2.75) is 95.1 Å². The summed E-state index contributed by atoms with van der Waals surface area (Å²) in [5.74, 6) is -3.36. The third-order valence-electron chi connectivity index (χ3n) is 9.33. The number of nitrogens with one attached hydrogen (secondary N) is 3. The highest BCUT2D eigenvalue weighted by atomic mass is 19.3. The molecule has 4 bridgehead atoms. The van der Waals surface area contributed by atoms with Crippen LogP contribution in [0.2, 0.25) is 0 Å². The summed E-state index contributed by atoms with van der Waals surface area (Å²) in [5.41, 5.74) is -1.64. The van der Waals surface area contributed by atoms with Gasteiger partial charge in [-0.3, -0.25) is 19.0 Å². The molecule has 12 nitrogen and oxygen atoms in total. The topological polar surface area (TPSA) is 172 Å². The molecule has 0 unspecified atom stereocenters. The maximum absolute atomic E-state index is 14.5. The summed E-state index contributed by atoms with van der Waals surface area (Å²) in [5, 5.41) is 27.2. The molecule has 14 heteroatoms. The van der Waals surface area contributed by atoms with E-state index in [1.54, 1.807) is 0 Å². The molecule has 4 aliphatic carbocycles. The Balaban J connectivity index is 1.28. The summed E-state index contributed by atoms with van der Waals surface area (Å²) >= 11 is 0. The molecule has 6 rings (SSSR count). The maximum Gasteiger partial charge on any atom is 0.351 e. The van der Waals surface area contributed by atoms with E-state index in [1.165, 1.54) is 6.92 Å². The predicted molar refractivity (Wildman–Crippen MR) is 144 cm³/mol. The number of hydrogen-bond donors (Lipinski definition) is 5. The number of halogens is 2. The van der Waals surface area contributed by atoms with E-state index in [4.69, 9.17) is 4.74 Å². The van der Waals surface area contributed by atoms with Gasteiger partial charge in [0.25, 0.3) is 0 Å². The Morgan fingerprint density at radius 3 is 2.33 bits per heavy atom. The smallest absolute Gasteiger partial charge is 0.351 e. The minimum atomic E-state index is -3.87. The second kappa shape index (κ2) is 12.0. The lowest BCUT2D eigenvalue weighted by atomic mass is 9.49. The minimum absolute atomic E-state index is 0.135. The van der Waals surface area contributed by atoms with Gasteiger partial charge < -0.3 is 30.9 Å². The van der Waals surface area contributed by atoms with E-state index in [9.17, 15) is 38.2 Å². The summed E-state index contributed by atoms with van der Waals surface area (Å²) in [6, 6.07) is 0.210. The van der Waals surface area contributed by atoms with E-state index in [2.05, 4.69) is 20.9 Å². The SMILES string of the molecule is CC(=O)NCCCC[C@@H](NC(=O)C12CC3CC(CC(C3)C1)C2)C(=O)Nc1ccn([C@@H]2O[C@H](CO)[C@@H](O)C2(F)F)c(=O)n1. The molecule has 2 heterocycles. The number of alkyl halides is 2. The number of nitrogens with zero attached hydrogens (tertiary/aromatic N) is 2. The van der Waals surface area contributed by atoms with Crippen LogP contribution >= 0.6 is 0 Å². The van der Waals surface area contributed by atoms with Crippen LogP contribution in [0.4, 0.5) is 14.6 Å². The van der Waals surface area contributed by atoms with Crippen molar-refractivity contribution in [3.63, 3.8) is 0 Å². The number of amides is 3. The quantitative estimate of drug-likeness (QED) is 0.237. The molecule has 1 aliphatic heterocycles. The molecule has 1 aromatic heterocycles. The van der Waals surface area contributed by atoms with Gasteiger partial charge >= 0.3 is 11.6 Å². The van der Waals surface area contributed by atoms with Crippen LogP contribution in [0.3, 0.4) is 0 Å². The van der Waals surface area contributed by atoms with Crippen molar-refractivity contribution in [2.24, 2.45) is 23.2 Å². The molecule has 0 aromatic carbocycles. The van der Waals surface area contributed by atoms with Gasteiger partial charge in [-0.2, -0.15) is 13.8 Å². The number of carbonyl (C=O) groups is 3. The van der Waals surface area contributed by atoms with Crippen molar-refractivity contribution in [3.05, 3.63) is 22.7 Å². The van der Waals surface area contributed by atoms with Crippen LogP contribution in [-0.4, -0.2) is 74.8 Å². The monoisotopic (exact) mass is 595 g/mol. The summed E-state index contributed by atoms with van der Waals surface area (Å²) in [6.45, 7) is 0.965. The Morgan fingerprint density at radius 2 is 1.79 bits per heavy atom. The van der Waals surface area contributed by atoms with Crippen LogP contribution < -0.4 is 21.6 Å². The van der Waals surface area contributed by atoms with Gasteiger partial charge in [-0.05, 0) is 81.6 Å². The summed E-state index contributed by atoms with van der Waals surface area (Å²) in [4.78, 5) is 54.6. The number of rotatable bonds is 11. The van der Waals surface area contributed by atoms with E-state index in [1.807, 2.05) is 0 Å². The summed E-state index contributed by atoms with van der Waals surface area (Å²) < 4.78 is 34.5. The Labute approximate surface area is 241 Å². The number of anilines is 1. The first-order valence-corrected chi connectivity index (χ1v) is 14.7. The van der Waals surface area contributed by atoms with Crippen molar-refractivity contribution in [1.29, 1.82) is 0 Å². The number of carbonyl (C=O) groups excluding carboxylic acids is 3. The van der Waals surface area contributed by atoms with Crippen molar-refractivity contribution in [1.82, 2.24) is 20.2 Å². The fourth-order valence-corrected chi connectivity index (χ4v) is 7.70. The molecule has 5 fully saturated rings. The molecule has 4 saturated carbocycles. The molecule has 42 heavy (non-hydrogen) atoms. The Morgan fingerprint density at radius 1 is 1.14 bits per heavy atom. The minimum Gasteiger partial charge on any atom is -0.394 e. The van der Waals surface area contributed by atoms with E-state index >= 15 is 0 Å². The molecule has 232 valence electrons. The van der Waals surface area contributed by atoms with Crippen molar-refractivity contribution < 1.29 is 38.1 Å². The molecular weight excluding hydrogens is 556 g/mol. The zero-order valence-electron chi connectivity index (χ0n) is 23.6. The number of aliphatic hydroxyl groups excluding tert-OH is 2.